The summed E-state index contributed by atoms with van der Waals surface area (Å²) in [6.07, 6.45) is 3.60. The van der Waals surface area contributed by atoms with Gasteiger partial charge in [0.25, 0.3) is 0 Å². The first-order valence-corrected chi connectivity index (χ1v) is 17.8. The Morgan fingerprint density at radius 3 is 1.67 bits per heavy atom. The van der Waals surface area contributed by atoms with E-state index in [2.05, 4.69) is 41.7 Å². The van der Waals surface area contributed by atoms with E-state index in [0.717, 1.165) is 66.4 Å². The predicted octanol–water partition coefficient (Wildman–Crippen LogP) is 6.53. The van der Waals surface area contributed by atoms with E-state index in [9.17, 15) is 4.79 Å². The van der Waals surface area contributed by atoms with Gasteiger partial charge < -0.3 is 29.9 Å². The Bertz CT molecular complexity index is 1930. The van der Waals surface area contributed by atoms with Crippen LogP contribution in [0, 0.1) is 0 Å². The average Bonchev–Trinajstić information content (AvgIpc) is 3.40. The molecule has 4 heterocycles. The number of fused-ring (bicyclic) bond motifs is 4. The zero-order chi connectivity index (χ0) is 33.7. The van der Waals surface area contributed by atoms with Crippen molar-refractivity contribution in [3.8, 4) is 11.5 Å². The molecule has 0 spiro atoms. The van der Waals surface area contributed by atoms with Gasteiger partial charge in [-0.3, -0.25) is 0 Å². The summed E-state index contributed by atoms with van der Waals surface area (Å²) in [5.74, 6) is 1.86. The van der Waals surface area contributed by atoms with Crippen LogP contribution in [0.25, 0.3) is 11.1 Å². The summed E-state index contributed by atoms with van der Waals surface area (Å²) in [5.41, 5.74) is 12.4. The number of amides is 1. The van der Waals surface area contributed by atoms with Gasteiger partial charge in [-0.05, 0) is 115 Å². The maximum Gasteiger partial charge on any atom is 1.00 e. The van der Waals surface area contributed by atoms with Crippen molar-refractivity contribution >= 4 is 40.4 Å². The van der Waals surface area contributed by atoms with Gasteiger partial charge in [-0.25, -0.2) is 4.79 Å². The van der Waals surface area contributed by atoms with Crippen LogP contribution < -0.4 is 44.3 Å². The van der Waals surface area contributed by atoms with Crippen molar-refractivity contribution < 1.29 is 54.0 Å². The Morgan fingerprint density at radius 1 is 0.706 bits per heavy atom. The molecule has 8 rings (SSSR count). The molecule has 2 fully saturated rings. The number of halogens is 2. The van der Waals surface area contributed by atoms with Crippen molar-refractivity contribution in [3.63, 3.8) is 0 Å². The third kappa shape index (κ3) is 8.69. The summed E-state index contributed by atoms with van der Waals surface area (Å²) in [6.45, 7) is 6.74. The molecule has 0 aromatic heterocycles. The molecule has 4 aliphatic rings. The van der Waals surface area contributed by atoms with Gasteiger partial charge in [-0.1, -0.05) is 82.9 Å². The average molecular weight is 736 g/mol. The molecule has 2 N–H and O–H groups in total. The third-order valence-corrected chi connectivity index (χ3v) is 10.0. The van der Waals surface area contributed by atoms with E-state index < -0.39 is 0 Å². The minimum Gasteiger partial charge on any atom is -0.870 e. The van der Waals surface area contributed by atoms with E-state index in [1.54, 1.807) is 4.90 Å². The van der Waals surface area contributed by atoms with Gasteiger partial charge in [-0.2, -0.15) is 0 Å². The number of para-hydroxylation sites is 2. The summed E-state index contributed by atoms with van der Waals surface area (Å²) in [6, 6.07) is 28.7. The summed E-state index contributed by atoms with van der Waals surface area (Å²) >= 11 is 12.4. The van der Waals surface area contributed by atoms with E-state index in [1.165, 1.54) is 44.5 Å². The standard InChI is InChI=1S/C22H22ClNO3.C19H18ClNO.Na.H2O/c1-2-26-22(25)24-11-9-15(10-12-24)21-18-8-7-17(23)13-16(18)14-27-20-6-4-3-5-19(20)21;20-15-5-6-16-14(11-15)12-22-18-4-2-1-3-17(18)19(16)13-7-9-21-10-8-13;;/h3-8,13H,2,9-12,14H2,1H3;1-6,11,21H,7-10,12H2;;1H2/q;;+1;/p-1. The minimum absolute atomic E-state index is 0. The maximum absolute atomic E-state index is 12.0. The van der Waals surface area contributed by atoms with E-state index >= 15 is 0 Å². The van der Waals surface area contributed by atoms with Gasteiger partial charge in [-0.15, -0.1) is 0 Å². The van der Waals surface area contributed by atoms with E-state index in [-0.39, 0.29) is 41.1 Å². The van der Waals surface area contributed by atoms with Crippen LogP contribution in [0.5, 0.6) is 11.5 Å². The fourth-order valence-electron chi connectivity index (χ4n) is 7.21. The number of piperidine rings is 2. The first-order chi connectivity index (χ1) is 24.0. The fourth-order valence-corrected chi connectivity index (χ4v) is 7.60. The Kier molecular flexibility index (Phi) is 13.7. The van der Waals surface area contributed by atoms with E-state index in [0.29, 0.717) is 37.9 Å². The number of hydrogen-bond acceptors (Lipinski definition) is 6. The molecule has 4 aromatic rings. The SMILES string of the molecule is CCOC(=O)N1CCC(=C2c3ccc(Cl)cc3COc3ccccc32)CC1.Clc1ccc2c(c1)COc1ccccc1C2=C1CCNCC1.[Na+].[OH-]. The monoisotopic (exact) mass is 734 g/mol. The molecule has 51 heavy (non-hydrogen) atoms. The Labute approximate surface area is 332 Å². The minimum atomic E-state index is -0.224. The summed E-state index contributed by atoms with van der Waals surface area (Å²) in [7, 11) is 0. The van der Waals surface area contributed by atoms with Crippen LogP contribution in [0.15, 0.2) is 96.1 Å². The predicted molar refractivity (Wildman–Crippen MR) is 198 cm³/mol. The molecule has 0 radical (unpaired) electrons. The van der Waals surface area contributed by atoms with Crippen LogP contribution >= 0.6 is 23.2 Å². The van der Waals surface area contributed by atoms with Crippen molar-refractivity contribution in [2.45, 2.75) is 45.8 Å². The number of carbonyl (C=O) groups is 1. The van der Waals surface area contributed by atoms with Crippen molar-refractivity contribution in [2.24, 2.45) is 0 Å². The normalized spacial score (nSPS) is 16.0. The first-order valence-electron chi connectivity index (χ1n) is 17.1. The molecule has 260 valence electrons. The van der Waals surface area contributed by atoms with Crippen molar-refractivity contribution in [1.82, 2.24) is 10.2 Å². The zero-order valence-corrected chi connectivity index (χ0v) is 32.7. The Hall–Kier alpha value is -3.27. The van der Waals surface area contributed by atoms with Gasteiger partial charge in [0.2, 0.25) is 0 Å². The first kappa shape index (κ1) is 38.9. The topological polar surface area (TPSA) is 90.0 Å². The van der Waals surface area contributed by atoms with E-state index in [1.807, 2.05) is 55.5 Å². The number of rotatable bonds is 1. The van der Waals surface area contributed by atoms with Crippen LogP contribution in [0.4, 0.5) is 4.79 Å². The molecule has 0 unspecified atom stereocenters. The van der Waals surface area contributed by atoms with Crippen molar-refractivity contribution in [2.75, 3.05) is 32.8 Å². The third-order valence-electron chi connectivity index (χ3n) is 9.56. The van der Waals surface area contributed by atoms with Gasteiger partial charge in [0, 0.05) is 34.3 Å². The smallest absolute Gasteiger partial charge is 0.870 e. The van der Waals surface area contributed by atoms with Crippen molar-refractivity contribution in [1.29, 1.82) is 0 Å². The summed E-state index contributed by atoms with van der Waals surface area (Å²) in [4.78, 5) is 13.8. The zero-order valence-electron chi connectivity index (χ0n) is 29.1. The molecule has 4 aliphatic heterocycles. The summed E-state index contributed by atoms with van der Waals surface area (Å²) in [5, 5.41) is 4.92. The molecule has 0 aliphatic carbocycles. The second kappa shape index (κ2) is 18.0. The molecule has 0 atom stereocenters. The number of likely N-dealkylation sites (tertiary alicyclic amines) is 1. The van der Waals surface area contributed by atoms with Crippen LogP contribution in [0.3, 0.4) is 0 Å². The molecule has 4 aromatic carbocycles. The number of carbonyl (C=O) groups excluding carboxylic acids is 1. The van der Waals surface area contributed by atoms with E-state index in [4.69, 9.17) is 37.4 Å². The quantitative estimate of drug-likeness (QED) is 0.224. The molecule has 7 nitrogen and oxygen atoms in total. The number of nitrogens with zero attached hydrogens (tertiary/aromatic N) is 1. The largest absolute Gasteiger partial charge is 1.00 e. The van der Waals surface area contributed by atoms with Crippen LogP contribution in [-0.4, -0.2) is 49.3 Å². The van der Waals surface area contributed by atoms with Crippen molar-refractivity contribution in [3.05, 3.63) is 140 Å². The molecule has 10 heteroatoms. The number of nitrogens with one attached hydrogen (secondary N) is 1. The Morgan fingerprint density at radius 2 is 1.18 bits per heavy atom. The molecular formula is C41H41Cl2N2NaO5. The number of ether oxygens (including phenoxy) is 3. The van der Waals surface area contributed by atoms with Gasteiger partial charge in [0.05, 0.1) is 6.61 Å². The second-order valence-electron chi connectivity index (χ2n) is 12.6. The number of hydrogen-bond donors (Lipinski definition) is 1. The maximum atomic E-state index is 12.0. The molecule has 0 saturated carbocycles. The molecule has 1 amide bonds. The van der Waals surface area contributed by atoms with Crippen LogP contribution in [0.2, 0.25) is 10.0 Å². The van der Waals surface area contributed by atoms with Gasteiger partial charge in [0.1, 0.15) is 24.7 Å². The number of benzene rings is 4. The molecule has 2 saturated heterocycles. The van der Waals surface area contributed by atoms with Crippen LogP contribution in [0.1, 0.15) is 66.0 Å². The Balaban J connectivity index is 0.000000194. The molecule has 0 bridgehead atoms. The summed E-state index contributed by atoms with van der Waals surface area (Å²) < 4.78 is 17.3. The van der Waals surface area contributed by atoms with Gasteiger partial charge >= 0.3 is 35.7 Å². The van der Waals surface area contributed by atoms with Crippen LogP contribution in [-0.2, 0) is 18.0 Å². The fraction of sp³-hybridized carbons (Fsp3) is 0.293. The van der Waals surface area contributed by atoms with Gasteiger partial charge in [0.15, 0.2) is 0 Å². The second-order valence-corrected chi connectivity index (χ2v) is 13.4. The molecular weight excluding hydrogens is 694 g/mol.